The van der Waals surface area contributed by atoms with Gasteiger partial charge in [0.15, 0.2) is 0 Å². The first-order valence-corrected chi connectivity index (χ1v) is 9.82. The van der Waals surface area contributed by atoms with Crippen molar-refractivity contribution in [1.29, 1.82) is 0 Å². The van der Waals surface area contributed by atoms with Crippen LogP contribution in [0.4, 0.5) is 4.79 Å². The van der Waals surface area contributed by atoms with E-state index in [0.29, 0.717) is 6.42 Å². The van der Waals surface area contributed by atoms with Crippen LogP contribution in [0.5, 0.6) is 0 Å². The van der Waals surface area contributed by atoms with Crippen LogP contribution in [0.15, 0.2) is 47.8 Å². The summed E-state index contributed by atoms with van der Waals surface area (Å²) < 4.78 is 0. The zero-order chi connectivity index (χ0) is 19.4. The third-order valence-electron chi connectivity index (χ3n) is 4.52. The maximum absolute atomic E-state index is 12.6. The summed E-state index contributed by atoms with van der Waals surface area (Å²) in [7, 11) is 0. The van der Waals surface area contributed by atoms with E-state index in [1.807, 2.05) is 61.7 Å². The van der Waals surface area contributed by atoms with Crippen LogP contribution >= 0.6 is 11.3 Å². The van der Waals surface area contributed by atoms with Crippen LogP contribution in [-0.4, -0.2) is 35.3 Å². The molecule has 0 saturated carbocycles. The van der Waals surface area contributed by atoms with E-state index in [2.05, 4.69) is 10.6 Å². The minimum Gasteiger partial charge on any atom is -0.347 e. The second kappa shape index (κ2) is 8.35. The normalized spacial score (nSPS) is 17.9. The van der Waals surface area contributed by atoms with Gasteiger partial charge in [0, 0.05) is 11.3 Å². The zero-order valence-electron chi connectivity index (χ0n) is 15.3. The summed E-state index contributed by atoms with van der Waals surface area (Å²) in [6.07, 6.45) is 0.410. The molecule has 142 valence electrons. The summed E-state index contributed by atoms with van der Waals surface area (Å²) in [6.45, 7) is 3.77. The van der Waals surface area contributed by atoms with Gasteiger partial charge >= 0.3 is 6.03 Å². The quantitative estimate of drug-likeness (QED) is 0.720. The Kier molecular flexibility index (Phi) is 5.91. The van der Waals surface area contributed by atoms with Gasteiger partial charge in [-0.2, -0.15) is 0 Å². The van der Waals surface area contributed by atoms with Crippen molar-refractivity contribution in [2.45, 2.75) is 32.4 Å². The van der Waals surface area contributed by atoms with Crippen LogP contribution in [0.2, 0.25) is 0 Å². The molecule has 1 aromatic heterocycles. The average Bonchev–Trinajstić information content (AvgIpc) is 3.25. The van der Waals surface area contributed by atoms with Crippen molar-refractivity contribution >= 4 is 29.2 Å². The molecule has 27 heavy (non-hydrogen) atoms. The van der Waals surface area contributed by atoms with Gasteiger partial charge in [0.25, 0.3) is 5.91 Å². The molecule has 2 aromatic rings. The molecule has 0 bridgehead atoms. The molecule has 7 heteroatoms. The molecule has 0 unspecified atom stereocenters. The molecule has 1 fully saturated rings. The predicted octanol–water partition coefficient (Wildman–Crippen LogP) is 2.72. The molecular formula is C20H23N3O3S. The van der Waals surface area contributed by atoms with Gasteiger partial charge in [-0.3, -0.25) is 14.5 Å². The number of hydrogen-bond donors (Lipinski definition) is 2. The molecule has 1 aliphatic rings. The number of amides is 4. The van der Waals surface area contributed by atoms with Gasteiger partial charge in [0.2, 0.25) is 5.91 Å². The first-order valence-electron chi connectivity index (χ1n) is 8.94. The van der Waals surface area contributed by atoms with E-state index >= 15 is 0 Å². The number of benzene rings is 1. The number of hydrogen-bond acceptors (Lipinski definition) is 4. The molecule has 2 heterocycles. The van der Waals surface area contributed by atoms with E-state index in [1.165, 1.54) is 0 Å². The lowest BCUT2D eigenvalue weighted by atomic mass is 10.0. The minimum absolute atomic E-state index is 0.140. The topological polar surface area (TPSA) is 78.5 Å². The Hall–Kier alpha value is -2.67. The maximum Gasteiger partial charge on any atom is 0.325 e. The highest BCUT2D eigenvalue weighted by molar-refractivity contribution is 7.10. The van der Waals surface area contributed by atoms with Crippen molar-refractivity contribution in [3.8, 4) is 0 Å². The molecule has 0 aliphatic carbocycles. The summed E-state index contributed by atoms with van der Waals surface area (Å²) in [5.74, 6) is -0.510. The van der Waals surface area contributed by atoms with Gasteiger partial charge in [-0.15, -0.1) is 11.3 Å². The summed E-state index contributed by atoms with van der Waals surface area (Å²) in [4.78, 5) is 39.3. The molecule has 4 amide bonds. The zero-order valence-corrected chi connectivity index (χ0v) is 16.2. The molecule has 6 nitrogen and oxygen atoms in total. The van der Waals surface area contributed by atoms with E-state index < -0.39 is 12.1 Å². The Labute approximate surface area is 162 Å². The Morgan fingerprint density at radius 3 is 2.56 bits per heavy atom. The van der Waals surface area contributed by atoms with Crippen LogP contribution in [0.1, 0.15) is 30.3 Å². The molecular weight excluding hydrogens is 362 g/mol. The van der Waals surface area contributed by atoms with E-state index in [-0.39, 0.29) is 30.3 Å². The van der Waals surface area contributed by atoms with Gasteiger partial charge in [0.05, 0.1) is 6.04 Å². The van der Waals surface area contributed by atoms with Gasteiger partial charge in [-0.05, 0) is 22.9 Å². The second-order valence-corrected chi connectivity index (χ2v) is 7.90. The summed E-state index contributed by atoms with van der Waals surface area (Å²) in [6, 6.07) is 12.1. The van der Waals surface area contributed by atoms with Crippen molar-refractivity contribution in [2.24, 2.45) is 5.92 Å². The SMILES string of the molecule is CC(C)[C@H](NC(=O)CN1C(=O)N[C@H](Cc2ccccc2)C1=O)c1cccs1. The standard InChI is InChI=1S/C20H23N3O3S/c1-13(2)18(16-9-6-10-27-16)22-17(24)12-23-19(25)15(21-20(23)26)11-14-7-4-3-5-8-14/h3-10,13,15,18H,11-12H2,1-2H3,(H,21,26)(H,22,24)/t15-,18+/m1/s1. The van der Waals surface area contributed by atoms with E-state index in [0.717, 1.165) is 15.3 Å². The van der Waals surface area contributed by atoms with E-state index in [1.54, 1.807) is 11.3 Å². The number of carbonyl (C=O) groups excluding carboxylic acids is 3. The largest absolute Gasteiger partial charge is 0.347 e. The number of carbonyl (C=O) groups is 3. The van der Waals surface area contributed by atoms with Crippen LogP contribution in [0, 0.1) is 5.92 Å². The third kappa shape index (κ3) is 4.54. The van der Waals surface area contributed by atoms with E-state index in [4.69, 9.17) is 0 Å². The molecule has 1 aromatic carbocycles. The van der Waals surface area contributed by atoms with Gasteiger partial charge < -0.3 is 10.6 Å². The van der Waals surface area contributed by atoms with Crippen molar-refractivity contribution in [3.63, 3.8) is 0 Å². The molecule has 1 saturated heterocycles. The second-order valence-electron chi connectivity index (χ2n) is 6.92. The van der Waals surface area contributed by atoms with Gasteiger partial charge in [-0.1, -0.05) is 50.2 Å². The van der Waals surface area contributed by atoms with Crippen molar-refractivity contribution in [3.05, 3.63) is 58.3 Å². The predicted molar refractivity (Wildman–Crippen MR) is 104 cm³/mol. The number of nitrogens with one attached hydrogen (secondary N) is 2. The molecule has 3 rings (SSSR count). The summed E-state index contributed by atoms with van der Waals surface area (Å²) in [5.41, 5.74) is 0.958. The first-order chi connectivity index (χ1) is 13.0. The van der Waals surface area contributed by atoms with Crippen molar-refractivity contribution in [2.75, 3.05) is 6.54 Å². The number of rotatable bonds is 7. The fraction of sp³-hybridized carbons (Fsp3) is 0.350. The van der Waals surface area contributed by atoms with Gasteiger partial charge in [-0.25, -0.2) is 4.79 Å². The van der Waals surface area contributed by atoms with Crippen molar-refractivity contribution in [1.82, 2.24) is 15.5 Å². The van der Waals surface area contributed by atoms with Gasteiger partial charge in [0.1, 0.15) is 12.6 Å². The Morgan fingerprint density at radius 1 is 1.19 bits per heavy atom. The number of nitrogens with zero attached hydrogens (tertiary/aromatic N) is 1. The monoisotopic (exact) mass is 385 g/mol. The molecule has 2 atom stereocenters. The summed E-state index contributed by atoms with van der Waals surface area (Å²) in [5, 5.41) is 7.58. The smallest absolute Gasteiger partial charge is 0.325 e. The third-order valence-corrected chi connectivity index (χ3v) is 5.48. The Morgan fingerprint density at radius 2 is 1.93 bits per heavy atom. The number of urea groups is 1. The fourth-order valence-corrected chi connectivity index (χ4v) is 4.06. The molecule has 0 radical (unpaired) electrons. The van der Waals surface area contributed by atoms with Crippen LogP contribution < -0.4 is 10.6 Å². The Balaban J connectivity index is 1.62. The molecule has 0 spiro atoms. The number of thiophene rings is 1. The highest BCUT2D eigenvalue weighted by Gasteiger charge is 2.39. The maximum atomic E-state index is 12.6. The Bertz CT molecular complexity index is 805. The lowest BCUT2D eigenvalue weighted by Gasteiger charge is -2.22. The highest BCUT2D eigenvalue weighted by Crippen LogP contribution is 2.25. The average molecular weight is 385 g/mol. The molecule has 2 N–H and O–H groups in total. The lowest BCUT2D eigenvalue weighted by molar-refractivity contribution is -0.132. The highest BCUT2D eigenvalue weighted by atomic mass is 32.1. The summed E-state index contributed by atoms with van der Waals surface area (Å²) >= 11 is 1.57. The van der Waals surface area contributed by atoms with Crippen LogP contribution in [-0.2, 0) is 16.0 Å². The van der Waals surface area contributed by atoms with E-state index in [9.17, 15) is 14.4 Å². The van der Waals surface area contributed by atoms with Crippen molar-refractivity contribution < 1.29 is 14.4 Å². The minimum atomic E-state index is -0.633. The molecule has 1 aliphatic heterocycles. The first kappa shape index (κ1) is 19.1. The van der Waals surface area contributed by atoms with Crippen LogP contribution in [0.3, 0.4) is 0 Å². The fourth-order valence-electron chi connectivity index (χ4n) is 3.11. The number of imide groups is 1. The van der Waals surface area contributed by atoms with Crippen LogP contribution in [0.25, 0.3) is 0 Å². The lowest BCUT2D eigenvalue weighted by Crippen LogP contribution is -2.43.